The number of benzene rings is 1. The monoisotopic (exact) mass is 1140 g/mol. The van der Waals surface area contributed by atoms with Crippen LogP contribution in [0, 0.1) is 17.8 Å². The highest BCUT2D eigenvalue weighted by Crippen LogP contribution is 2.40. The number of cyclic esters (lactones) is 2. The van der Waals surface area contributed by atoms with Crippen molar-refractivity contribution in [2.24, 2.45) is 22.2 Å². The van der Waals surface area contributed by atoms with Gasteiger partial charge >= 0.3 is 12.1 Å². The predicted octanol–water partition coefficient (Wildman–Crippen LogP) is 2.41. The van der Waals surface area contributed by atoms with Crippen LogP contribution in [0.25, 0.3) is 0 Å². The molecule has 0 radical (unpaired) electrons. The molecule has 0 saturated carbocycles. The molecule has 448 valence electrons. The molecule has 2 aromatic rings. The van der Waals surface area contributed by atoms with Gasteiger partial charge in [-0.3, -0.25) is 9.69 Å². The SMILES string of the molecule is CC[C@H]1OC(=O)[C@H](C)[C@@H](O[C@H]2C[C@@](C)(OC)[C@@H](O)[C@H](C)O2)[C@H](C)[C@@H](O[C@@H]2O[C@H](C)C[C@H](N(C)CCc3cn(C[C@H]4CN(c5ccc(S(=O)(=O)N=CN(C)C)cc5)C(=O)O4)nn3)[C@H]2O)[C@](C)(O)C[C@@H](C)CN(C)[C@H](C)[C@@H](O)[C@]1(C)O. The van der Waals surface area contributed by atoms with Gasteiger partial charge in [-0.25, -0.2) is 9.48 Å². The van der Waals surface area contributed by atoms with Gasteiger partial charge in [0, 0.05) is 77.0 Å². The lowest BCUT2D eigenvalue weighted by molar-refractivity contribution is -0.318. The molecular weight excluding hydrogens is 1050 g/mol. The van der Waals surface area contributed by atoms with Gasteiger partial charge in [0.15, 0.2) is 12.6 Å². The maximum Gasteiger partial charge on any atom is 0.414 e. The van der Waals surface area contributed by atoms with Gasteiger partial charge in [-0.05, 0) is 112 Å². The molecule has 0 spiro atoms. The third kappa shape index (κ3) is 15.2. The summed E-state index contributed by atoms with van der Waals surface area (Å²) < 4.78 is 74.4. The summed E-state index contributed by atoms with van der Waals surface area (Å²) in [4.78, 5) is 34.3. The van der Waals surface area contributed by atoms with Gasteiger partial charge in [0.25, 0.3) is 10.0 Å². The highest BCUT2D eigenvalue weighted by Gasteiger charge is 2.53. The van der Waals surface area contributed by atoms with E-state index in [0.29, 0.717) is 37.3 Å². The first-order chi connectivity index (χ1) is 36.8. The quantitative estimate of drug-likeness (QED) is 0.0916. The topological polar surface area (TPSA) is 290 Å². The second-order valence-electron chi connectivity index (χ2n) is 23.6. The summed E-state index contributed by atoms with van der Waals surface area (Å²) >= 11 is 0. The standard InChI is InChI=1S/C54H90N8O16S/c1-16-42-54(10,69)46(64)35(6)60(14)26-31(2)24-52(8,68)48(33(4)45(34(5)49(66)76-42)77-43-25-53(9,72-15)47(65)36(7)74-43)78-50-44(63)41(23-32(3)73-50)59(13)22-21-37-27-61(57-56-37)28-39-29-62(51(67)75-39)38-17-19-40(20-18-38)79(70,71)55-30-58(11)12/h17-20,27,30-36,39,41-48,50,63-65,68-69H,16,21-26,28-29H2,1-15H3/t31-,32-,33+,34-,35-,36+,39+,41+,42-,43+,44-,45+,46-,47+,48-,50+,52-,53-,54-/m1/s1. The molecule has 19 atom stereocenters. The molecule has 24 nitrogen and oxygen atoms in total. The number of carbonyl (C=O) groups excluding carboxylic acids is 2. The normalized spacial score (nSPS) is 38.9. The van der Waals surface area contributed by atoms with Crippen LogP contribution in [0.15, 0.2) is 39.8 Å². The summed E-state index contributed by atoms with van der Waals surface area (Å²) in [6.45, 7) is 18.6. The van der Waals surface area contributed by atoms with Crippen molar-refractivity contribution in [2.75, 3.05) is 59.8 Å². The third-order valence-corrected chi connectivity index (χ3v) is 17.8. The number of hydrogen-bond donors (Lipinski definition) is 5. The van der Waals surface area contributed by atoms with E-state index in [4.69, 9.17) is 33.2 Å². The fraction of sp³-hybridized carbons (Fsp3) is 0.796. The second kappa shape index (κ2) is 26.1. The molecule has 0 bridgehead atoms. The lowest BCUT2D eigenvalue weighted by Gasteiger charge is -2.49. The number of esters is 1. The molecule has 5 N–H and O–H groups in total. The maximum atomic E-state index is 14.5. The first kappa shape index (κ1) is 64.2. The zero-order chi connectivity index (χ0) is 58.7. The van der Waals surface area contributed by atoms with Crippen LogP contribution in [-0.2, 0) is 60.9 Å². The lowest BCUT2D eigenvalue weighted by Crippen LogP contribution is -2.61. The fourth-order valence-corrected chi connectivity index (χ4v) is 12.6. The number of anilines is 1. The molecule has 4 aliphatic heterocycles. The number of amides is 1. The summed E-state index contributed by atoms with van der Waals surface area (Å²) in [7, 11) is 4.58. The van der Waals surface area contributed by atoms with Crippen LogP contribution in [0.3, 0.4) is 0 Å². The molecule has 4 fully saturated rings. The van der Waals surface area contributed by atoms with Crippen molar-refractivity contribution in [3.8, 4) is 0 Å². The Morgan fingerprint density at radius 1 is 0.924 bits per heavy atom. The van der Waals surface area contributed by atoms with E-state index in [2.05, 4.69) is 14.7 Å². The number of methoxy groups -OCH3 is 1. The molecule has 0 aliphatic carbocycles. The van der Waals surface area contributed by atoms with E-state index in [1.807, 2.05) is 37.7 Å². The van der Waals surface area contributed by atoms with Gasteiger partial charge in [0.2, 0.25) is 0 Å². The zero-order valence-corrected chi connectivity index (χ0v) is 49.6. The Morgan fingerprint density at radius 2 is 1.59 bits per heavy atom. The summed E-state index contributed by atoms with van der Waals surface area (Å²) in [5.41, 5.74) is -3.51. The van der Waals surface area contributed by atoms with Gasteiger partial charge in [-0.2, -0.15) is 8.42 Å². The molecule has 0 unspecified atom stereocenters. The van der Waals surface area contributed by atoms with Crippen molar-refractivity contribution in [1.82, 2.24) is 29.7 Å². The van der Waals surface area contributed by atoms with Crippen molar-refractivity contribution in [3.63, 3.8) is 0 Å². The van der Waals surface area contributed by atoms with Crippen LogP contribution >= 0.6 is 0 Å². The number of rotatable bonds is 16. The minimum Gasteiger partial charge on any atom is -0.459 e. The zero-order valence-electron chi connectivity index (χ0n) is 48.8. The van der Waals surface area contributed by atoms with Gasteiger partial charge in [0.05, 0.1) is 65.2 Å². The van der Waals surface area contributed by atoms with E-state index in [1.54, 1.807) is 73.4 Å². The third-order valence-electron chi connectivity index (χ3n) is 16.5. The summed E-state index contributed by atoms with van der Waals surface area (Å²) in [6, 6.07) is 4.73. The Labute approximate surface area is 466 Å². The largest absolute Gasteiger partial charge is 0.459 e. The number of ether oxygens (including phenoxy) is 7. The smallest absolute Gasteiger partial charge is 0.414 e. The highest BCUT2D eigenvalue weighted by molar-refractivity contribution is 7.90. The number of hydrogen-bond acceptors (Lipinski definition) is 20. The first-order valence-electron chi connectivity index (χ1n) is 27.5. The lowest BCUT2D eigenvalue weighted by atomic mass is 9.77. The van der Waals surface area contributed by atoms with Crippen LogP contribution < -0.4 is 4.90 Å². The van der Waals surface area contributed by atoms with Crippen molar-refractivity contribution < 1.29 is 76.7 Å². The molecule has 4 aliphatic rings. The predicted molar refractivity (Wildman–Crippen MR) is 290 cm³/mol. The van der Waals surface area contributed by atoms with E-state index in [1.165, 1.54) is 54.4 Å². The van der Waals surface area contributed by atoms with Crippen LogP contribution in [0.2, 0.25) is 0 Å². The fourth-order valence-electron chi connectivity index (χ4n) is 11.7. The van der Waals surface area contributed by atoms with Crippen molar-refractivity contribution in [2.45, 2.75) is 209 Å². The van der Waals surface area contributed by atoms with Crippen molar-refractivity contribution >= 4 is 34.1 Å². The van der Waals surface area contributed by atoms with Gasteiger partial charge in [0.1, 0.15) is 42.5 Å². The van der Waals surface area contributed by atoms with Gasteiger partial charge in [-0.1, -0.05) is 26.0 Å². The number of aliphatic hydroxyl groups is 5. The molecule has 1 amide bonds. The number of likely N-dealkylation sites (N-methyl/N-ethyl adjacent to an activating group) is 2. The summed E-state index contributed by atoms with van der Waals surface area (Å²) in [6.07, 6.45) is -7.34. The minimum atomic E-state index is -3.93. The van der Waals surface area contributed by atoms with E-state index in [-0.39, 0.29) is 43.2 Å². The van der Waals surface area contributed by atoms with Crippen LogP contribution in [-0.4, -0.2) is 233 Å². The van der Waals surface area contributed by atoms with Crippen molar-refractivity contribution in [1.29, 1.82) is 0 Å². The molecule has 6 rings (SSSR count). The molecular formula is C54H90N8O16S. The maximum absolute atomic E-state index is 14.5. The van der Waals surface area contributed by atoms with E-state index < -0.39 is 130 Å². The average molecular weight is 1140 g/mol. The highest BCUT2D eigenvalue weighted by atomic mass is 32.2. The molecule has 5 heterocycles. The number of aromatic nitrogens is 3. The molecule has 4 saturated heterocycles. The minimum absolute atomic E-state index is 0.0184. The molecule has 79 heavy (non-hydrogen) atoms. The Morgan fingerprint density at radius 3 is 2.23 bits per heavy atom. The molecule has 1 aromatic heterocycles. The Bertz CT molecular complexity index is 2470. The van der Waals surface area contributed by atoms with E-state index in [0.717, 1.165) is 0 Å². The number of carbonyl (C=O) groups is 2. The first-order valence-corrected chi connectivity index (χ1v) is 29.0. The number of nitrogens with zero attached hydrogens (tertiary/aromatic N) is 8. The second-order valence-corrected chi connectivity index (χ2v) is 25.3. The Balaban J connectivity index is 1.19. The molecule has 25 heteroatoms. The molecule has 1 aromatic carbocycles. The van der Waals surface area contributed by atoms with E-state index in [9.17, 15) is 43.5 Å². The van der Waals surface area contributed by atoms with Crippen LogP contribution in [0.1, 0.15) is 101 Å². The van der Waals surface area contributed by atoms with Gasteiger partial charge < -0.3 is 73.4 Å². The van der Waals surface area contributed by atoms with Crippen molar-refractivity contribution in [3.05, 3.63) is 36.2 Å². The summed E-state index contributed by atoms with van der Waals surface area (Å²) in [5, 5.41) is 68.5. The van der Waals surface area contributed by atoms with Crippen LogP contribution in [0.5, 0.6) is 0 Å². The summed E-state index contributed by atoms with van der Waals surface area (Å²) in [5.74, 6) is -2.91. The average Bonchev–Trinajstić information content (AvgIpc) is 4.01. The Hall–Kier alpha value is -3.96. The Kier molecular flexibility index (Phi) is 21.2. The number of aliphatic hydroxyl groups excluding tert-OH is 3. The van der Waals surface area contributed by atoms with Gasteiger partial charge in [-0.15, -0.1) is 9.50 Å². The van der Waals surface area contributed by atoms with E-state index >= 15 is 0 Å². The number of sulfonamides is 1. The van der Waals surface area contributed by atoms with Crippen LogP contribution in [0.4, 0.5) is 10.5 Å².